The zero-order chi connectivity index (χ0) is 19.4. The van der Waals surface area contributed by atoms with Crippen LogP contribution in [0.2, 0.25) is 0 Å². The Bertz CT molecular complexity index is 870. The SMILES string of the molecule is C[C@H](Sc1n[nH]c(=O)n1C[C@H]1CCCO1)C(=O)Nc1ccc(C(N)=O)cc1. The lowest BCUT2D eigenvalue weighted by Crippen LogP contribution is -2.27. The summed E-state index contributed by atoms with van der Waals surface area (Å²) in [4.78, 5) is 35.5. The number of nitrogens with zero attached hydrogens (tertiary/aromatic N) is 2. The number of aromatic nitrogens is 3. The van der Waals surface area contributed by atoms with Crippen LogP contribution in [0, 0.1) is 0 Å². The molecule has 2 heterocycles. The molecule has 0 radical (unpaired) electrons. The Hall–Kier alpha value is -2.59. The summed E-state index contributed by atoms with van der Waals surface area (Å²) in [6.07, 6.45) is 1.87. The number of aromatic amines is 1. The number of rotatable bonds is 7. The van der Waals surface area contributed by atoms with Crippen LogP contribution in [-0.4, -0.2) is 44.5 Å². The fourth-order valence-electron chi connectivity index (χ4n) is 2.72. The van der Waals surface area contributed by atoms with Crippen molar-refractivity contribution in [3.63, 3.8) is 0 Å². The topological polar surface area (TPSA) is 132 Å². The number of hydrogen-bond acceptors (Lipinski definition) is 6. The normalized spacial score (nSPS) is 17.6. The second kappa shape index (κ2) is 8.40. The largest absolute Gasteiger partial charge is 0.376 e. The summed E-state index contributed by atoms with van der Waals surface area (Å²) < 4.78 is 7.08. The third-order valence-electron chi connectivity index (χ3n) is 4.22. The zero-order valence-electron chi connectivity index (χ0n) is 14.8. The molecule has 27 heavy (non-hydrogen) atoms. The van der Waals surface area contributed by atoms with Crippen LogP contribution in [0.4, 0.5) is 5.69 Å². The average Bonchev–Trinajstić information content (AvgIpc) is 3.27. The fraction of sp³-hybridized carbons (Fsp3) is 0.412. The highest BCUT2D eigenvalue weighted by Crippen LogP contribution is 2.23. The maximum absolute atomic E-state index is 12.4. The molecule has 1 aliphatic heterocycles. The van der Waals surface area contributed by atoms with E-state index in [1.807, 2.05) is 0 Å². The van der Waals surface area contributed by atoms with Crippen LogP contribution < -0.4 is 16.7 Å². The summed E-state index contributed by atoms with van der Waals surface area (Å²) >= 11 is 1.19. The van der Waals surface area contributed by atoms with Crippen LogP contribution in [0.15, 0.2) is 34.2 Å². The Kier molecular flexibility index (Phi) is 5.97. The lowest BCUT2D eigenvalue weighted by Gasteiger charge is -2.14. The number of thioether (sulfide) groups is 1. The number of amides is 2. The van der Waals surface area contributed by atoms with Gasteiger partial charge in [0.15, 0.2) is 5.16 Å². The van der Waals surface area contributed by atoms with E-state index < -0.39 is 11.2 Å². The molecule has 1 aromatic carbocycles. The molecule has 10 heteroatoms. The highest BCUT2D eigenvalue weighted by molar-refractivity contribution is 8.00. The number of primary amides is 1. The minimum atomic E-state index is -0.528. The minimum absolute atomic E-state index is 0.00690. The van der Waals surface area contributed by atoms with E-state index in [4.69, 9.17) is 10.5 Å². The second-order valence-electron chi connectivity index (χ2n) is 6.25. The molecule has 9 nitrogen and oxygen atoms in total. The third-order valence-corrected chi connectivity index (χ3v) is 5.31. The monoisotopic (exact) mass is 391 g/mol. The van der Waals surface area contributed by atoms with Gasteiger partial charge in [0.25, 0.3) is 0 Å². The van der Waals surface area contributed by atoms with Gasteiger partial charge in [-0.15, -0.1) is 5.10 Å². The van der Waals surface area contributed by atoms with Gasteiger partial charge in [-0.1, -0.05) is 11.8 Å². The van der Waals surface area contributed by atoms with E-state index in [1.54, 1.807) is 31.2 Å². The highest BCUT2D eigenvalue weighted by atomic mass is 32.2. The number of nitrogens with one attached hydrogen (secondary N) is 2. The predicted octanol–water partition coefficient (Wildman–Crippen LogP) is 0.969. The van der Waals surface area contributed by atoms with Crippen molar-refractivity contribution in [1.82, 2.24) is 14.8 Å². The van der Waals surface area contributed by atoms with Crippen molar-refractivity contribution in [2.24, 2.45) is 5.73 Å². The molecular formula is C17H21N5O4S. The van der Waals surface area contributed by atoms with Crippen molar-refractivity contribution in [3.05, 3.63) is 40.3 Å². The molecule has 4 N–H and O–H groups in total. The lowest BCUT2D eigenvalue weighted by molar-refractivity contribution is -0.115. The van der Waals surface area contributed by atoms with E-state index in [1.165, 1.54) is 16.3 Å². The second-order valence-corrected chi connectivity index (χ2v) is 7.56. The quantitative estimate of drug-likeness (QED) is 0.603. The van der Waals surface area contributed by atoms with Gasteiger partial charge in [0.05, 0.1) is 17.9 Å². The molecule has 3 rings (SSSR count). The van der Waals surface area contributed by atoms with Crippen molar-refractivity contribution >= 4 is 29.3 Å². The van der Waals surface area contributed by atoms with Gasteiger partial charge in [0.2, 0.25) is 11.8 Å². The number of ether oxygens (including phenoxy) is 1. The summed E-state index contributed by atoms with van der Waals surface area (Å²) in [5.74, 6) is -0.773. The number of carbonyl (C=O) groups is 2. The molecule has 1 fully saturated rings. The molecule has 0 spiro atoms. The van der Waals surface area contributed by atoms with Gasteiger partial charge in [-0.3, -0.25) is 14.2 Å². The van der Waals surface area contributed by atoms with E-state index >= 15 is 0 Å². The van der Waals surface area contributed by atoms with E-state index in [9.17, 15) is 14.4 Å². The molecule has 0 unspecified atom stereocenters. The Morgan fingerprint density at radius 3 is 2.81 bits per heavy atom. The van der Waals surface area contributed by atoms with Crippen LogP contribution in [0.3, 0.4) is 0 Å². The molecule has 1 aromatic heterocycles. The smallest absolute Gasteiger partial charge is 0.344 e. The van der Waals surface area contributed by atoms with Crippen molar-refractivity contribution in [1.29, 1.82) is 0 Å². The van der Waals surface area contributed by atoms with Gasteiger partial charge in [-0.05, 0) is 44.0 Å². The van der Waals surface area contributed by atoms with E-state index in [-0.39, 0.29) is 17.7 Å². The molecule has 0 saturated carbocycles. The van der Waals surface area contributed by atoms with Gasteiger partial charge in [-0.25, -0.2) is 9.89 Å². The Morgan fingerprint density at radius 2 is 2.19 bits per heavy atom. The van der Waals surface area contributed by atoms with Gasteiger partial charge in [0, 0.05) is 17.9 Å². The Morgan fingerprint density at radius 1 is 1.44 bits per heavy atom. The summed E-state index contributed by atoms with van der Waals surface area (Å²) in [5, 5.41) is 9.17. The summed E-state index contributed by atoms with van der Waals surface area (Å²) in [7, 11) is 0. The van der Waals surface area contributed by atoms with Gasteiger partial charge >= 0.3 is 5.69 Å². The Labute approximate surface area is 159 Å². The molecule has 0 bridgehead atoms. The molecule has 1 saturated heterocycles. The first-order chi connectivity index (χ1) is 12.9. The molecule has 2 atom stereocenters. The molecule has 144 valence electrons. The third kappa shape index (κ3) is 4.77. The van der Waals surface area contributed by atoms with Crippen LogP contribution in [0.25, 0.3) is 0 Å². The molecule has 2 aromatic rings. The first kappa shape index (κ1) is 19.2. The molecule has 0 aliphatic carbocycles. The van der Waals surface area contributed by atoms with Crippen LogP contribution >= 0.6 is 11.8 Å². The maximum atomic E-state index is 12.4. The minimum Gasteiger partial charge on any atom is -0.376 e. The first-order valence-corrected chi connectivity index (χ1v) is 9.46. The van der Waals surface area contributed by atoms with E-state index in [2.05, 4.69) is 15.5 Å². The van der Waals surface area contributed by atoms with Crippen LogP contribution in [0.1, 0.15) is 30.1 Å². The number of H-pyrrole nitrogens is 1. The fourth-order valence-corrected chi connectivity index (χ4v) is 3.58. The van der Waals surface area contributed by atoms with Gasteiger partial charge in [0.1, 0.15) is 0 Å². The number of anilines is 1. The van der Waals surface area contributed by atoms with Crippen molar-refractivity contribution < 1.29 is 14.3 Å². The van der Waals surface area contributed by atoms with Crippen LogP contribution in [-0.2, 0) is 16.1 Å². The highest BCUT2D eigenvalue weighted by Gasteiger charge is 2.23. The predicted molar refractivity (Wildman–Crippen MR) is 101 cm³/mol. The van der Waals surface area contributed by atoms with Gasteiger partial charge in [-0.2, -0.15) is 0 Å². The molecule has 1 aliphatic rings. The Balaban J connectivity index is 1.62. The number of nitrogens with two attached hydrogens (primary N) is 1. The van der Waals surface area contributed by atoms with Gasteiger partial charge < -0.3 is 15.8 Å². The first-order valence-electron chi connectivity index (χ1n) is 8.58. The lowest BCUT2D eigenvalue weighted by atomic mass is 10.2. The number of benzene rings is 1. The van der Waals surface area contributed by atoms with E-state index in [0.29, 0.717) is 29.6 Å². The molecule has 2 amide bonds. The summed E-state index contributed by atoms with van der Waals surface area (Å²) in [6, 6.07) is 6.31. The van der Waals surface area contributed by atoms with Crippen molar-refractivity contribution in [2.45, 2.75) is 42.8 Å². The standard InChI is InChI=1S/C17H21N5O4S/c1-10(15(24)19-12-6-4-11(5-7-12)14(18)23)27-17-21-20-16(25)22(17)9-13-3-2-8-26-13/h4-7,10,13H,2-3,8-9H2,1H3,(H2,18,23)(H,19,24)(H,20,25)/t10-,13+/m0/s1. The summed E-state index contributed by atoms with van der Waals surface area (Å²) in [5.41, 5.74) is 5.80. The summed E-state index contributed by atoms with van der Waals surface area (Å²) in [6.45, 7) is 2.85. The van der Waals surface area contributed by atoms with Crippen LogP contribution in [0.5, 0.6) is 0 Å². The number of hydrogen-bond donors (Lipinski definition) is 3. The van der Waals surface area contributed by atoms with E-state index in [0.717, 1.165) is 12.8 Å². The zero-order valence-corrected chi connectivity index (χ0v) is 15.6. The number of carbonyl (C=O) groups excluding carboxylic acids is 2. The molecular weight excluding hydrogens is 370 g/mol. The van der Waals surface area contributed by atoms with Crippen molar-refractivity contribution in [3.8, 4) is 0 Å². The average molecular weight is 391 g/mol. The maximum Gasteiger partial charge on any atom is 0.344 e. The van der Waals surface area contributed by atoms with Crippen molar-refractivity contribution in [2.75, 3.05) is 11.9 Å².